The topological polar surface area (TPSA) is 95.5 Å². The van der Waals surface area contributed by atoms with Gasteiger partial charge in [-0.1, -0.05) is 0 Å². The van der Waals surface area contributed by atoms with E-state index in [1.54, 1.807) is 0 Å². The Bertz CT molecular complexity index is 338. The molecule has 6 nitrogen and oxygen atoms in total. The first-order valence-corrected chi connectivity index (χ1v) is 5.40. The molecule has 0 radical (unpaired) electrons. The fourth-order valence-corrected chi connectivity index (χ4v) is 1.88. The summed E-state index contributed by atoms with van der Waals surface area (Å²) in [7, 11) is 0. The van der Waals surface area contributed by atoms with Gasteiger partial charge in [-0.05, 0) is 25.2 Å². The van der Waals surface area contributed by atoms with Crippen molar-refractivity contribution in [3.8, 4) is 0 Å². The number of carbonyl (C=O) groups excluding carboxylic acids is 2. The van der Waals surface area contributed by atoms with Crippen LogP contribution in [0.2, 0.25) is 0 Å². The second-order valence-corrected chi connectivity index (χ2v) is 4.32. The monoisotopic (exact) mass is 226 g/mol. The average molecular weight is 226 g/mol. The molecule has 2 atom stereocenters. The van der Waals surface area contributed by atoms with Crippen molar-refractivity contribution < 1.29 is 19.5 Å². The highest BCUT2D eigenvalue weighted by Gasteiger charge is 2.39. The largest absolute Gasteiger partial charge is 0.480 e. The van der Waals surface area contributed by atoms with Crippen molar-refractivity contribution in [1.29, 1.82) is 0 Å². The number of nitrogens with one attached hydrogen (secondary N) is 2. The molecule has 1 saturated heterocycles. The van der Waals surface area contributed by atoms with Crippen LogP contribution in [0.3, 0.4) is 0 Å². The maximum Gasteiger partial charge on any atom is 0.326 e. The van der Waals surface area contributed by atoms with Gasteiger partial charge in [0.25, 0.3) is 0 Å². The van der Waals surface area contributed by atoms with Crippen LogP contribution >= 0.6 is 0 Å². The van der Waals surface area contributed by atoms with Crippen molar-refractivity contribution >= 4 is 17.8 Å². The molecule has 0 aromatic carbocycles. The van der Waals surface area contributed by atoms with Crippen LogP contribution in [0.5, 0.6) is 0 Å². The molecule has 0 aromatic heterocycles. The van der Waals surface area contributed by atoms with Crippen LogP contribution < -0.4 is 10.6 Å². The Balaban J connectivity index is 1.90. The molecule has 1 heterocycles. The zero-order valence-electron chi connectivity index (χ0n) is 8.73. The molecular formula is C10H14N2O4. The summed E-state index contributed by atoms with van der Waals surface area (Å²) in [5.74, 6) is -1.48. The molecule has 0 spiro atoms. The van der Waals surface area contributed by atoms with E-state index in [-0.39, 0.29) is 17.7 Å². The number of carboxylic acids is 1. The van der Waals surface area contributed by atoms with Crippen LogP contribution in [0, 0.1) is 5.92 Å². The molecule has 0 bridgehead atoms. The first-order chi connectivity index (χ1) is 7.58. The standard InChI is InChI=1S/C10H14N2O4/c13-7-4-3-6(11-7)9(14)12-8(10(15)16)5-1-2-5/h5-6,8H,1-4H2,(H,11,13)(H,12,14)(H,15,16)/t6-,8?/m1/s1. The molecule has 1 aliphatic heterocycles. The van der Waals surface area contributed by atoms with Crippen molar-refractivity contribution in [2.24, 2.45) is 5.92 Å². The second kappa shape index (κ2) is 4.11. The van der Waals surface area contributed by atoms with Gasteiger partial charge >= 0.3 is 5.97 Å². The molecule has 1 saturated carbocycles. The zero-order valence-corrected chi connectivity index (χ0v) is 8.73. The fraction of sp³-hybridized carbons (Fsp3) is 0.700. The maximum atomic E-state index is 11.6. The molecule has 1 aliphatic carbocycles. The Morgan fingerprint density at radius 3 is 2.50 bits per heavy atom. The van der Waals surface area contributed by atoms with Gasteiger partial charge in [-0.15, -0.1) is 0 Å². The Kier molecular flexibility index (Phi) is 2.80. The zero-order chi connectivity index (χ0) is 11.7. The first kappa shape index (κ1) is 10.9. The number of rotatable bonds is 4. The predicted molar refractivity (Wildman–Crippen MR) is 53.5 cm³/mol. The number of amides is 2. The summed E-state index contributed by atoms with van der Waals surface area (Å²) in [6.07, 6.45) is 2.46. The van der Waals surface area contributed by atoms with E-state index in [1.165, 1.54) is 0 Å². The van der Waals surface area contributed by atoms with E-state index in [4.69, 9.17) is 5.11 Å². The summed E-state index contributed by atoms with van der Waals surface area (Å²) < 4.78 is 0. The highest BCUT2D eigenvalue weighted by molar-refractivity contribution is 5.92. The van der Waals surface area contributed by atoms with E-state index in [0.29, 0.717) is 12.8 Å². The highest BCUT2D eigenvalue weighted by atomic mass is 16.4. The summed E-state index contributed by atoms with van der Waals surface area (Å²) in [5.41, 5.74) is 0. The quantitative estimate of drug-likeness (QED) is 0.587. The third-order valence-corrected chi connectivity index (χ3v) is 2.97. The number of hydrogen-bond donors (Lipinski definition) is 3. The van der Waals surface area contributed by atoms with Gasteiger partial charge in [-0.3, -0.25) is 9.59 Å². The van der Waals surface area contributed by atoms with Crippen molar-refractivity contribution in [2.75, 3.05) is 0 Å². The van der Waals surface area contributed by atoms with E-state index >= 15 is 0 Å². The molecule has 2 rings (SSSR count). The molecule has 2 fully saturated rings. The lowest BCUT2D eigenvalue weighted by molar-refractivity contribution is -0.142. The lowest BCUT2D eigenvalue weighted by atomic mass is 10.1. The molecule has 88 valence electrons. The molecular weight excluding hydrogens is 212 g/mol. The molecule has 16 heavy (non-hydrogen) atoms. The van der Waals surface area contributed by atoms with Crippen LogP contribution in [0.25, 0.3) is 0 Å². The molecule has 1 unspecified atom stereocenters. The van der Waals surface area contributed by atoms with Crippen LogP contribution in [0.15, 0.2) is 0 Å². The third kappa shape index (κ3) is 2.32. The minimum Gasteiger partial charge on any atom is -0.480 e. The number of aliphatic carboxylic acids is 1. The third-order valence-electron chi connectivity index (χ3n) is 2.97. The summed E-state index contributed by atoms with van der Waals surface area (Å²) >= 11 is 0. The Labute approximate surface area is 92.4 Å². The normalized spacial score (nSPS) is 26.0. The number of carboxylic acid groups (broad SMARTS) is 1. The first-order valence-electron chi connectivity index (χ1n) is 5.40. The van der Waals surface area contributed by atoms with Gasteiger partial charge in [0.15, 0.2) is 0 Å². The molecule has 6 heteroatoms. The lowest BCUT2D eigenvalue weighted by Gasteiger charge is -2.16. The highest BCUT2D eigenvalue weighted by Crippen LogP contribution is 2.32. The van der Waals surface area contributed by atoms with Gasteiger partial charge in [0.2, 0.25) is 11.8 Å². The van der Waals surface area contributed by atoms with E-state index in [2.05, 4.69) is 10.6 Å². The fourth-order valence-electron chi connectivity index (χ4n) is 1.88. The Hall–Kier alpha value is -1.59. The SMILES string of the molecule is O=C1CC[C@H](C(=O)NC(C(=O)O)C2CC2)N1. The molecule has 2 aliphatic rings. The smallest absolute Gasteiger partial charge is 0.326 e. The van der Waals surface area contributed by atoms with Crippen LogP contribution in [-0.4, -0.2) is 35.0 Å². The minimum atomic E-state index is -1.000. The van der Waals surface area contributed by atoms with E-state index in [9.17, 15) is 14.4 Å². The van der Waals surface area contributed by atoms with Gasteiger partial charge in [-0.25, -0.2) is 4.79 Å². The minimum absolute atomic E-state index is 0.0542. The lowest BCUT2D eigenvalue weighted by Crippen LogP contribution is -2.49. The second-order valence-electron chi connectivity index (χ2n) is 4.32. The average Bonchev–Trinajstić information content (AvgIpc) is 2.96. The van der Waals surface area contributed by atoms with Crippen LogP contribution in [0.1, 0.15) is 25.7 Å². The number of carbonyl (C=O) groups is 3. The van der Waals surface area contributed by atoms with Crippen molar-refractivity contribution in [1.82, 2.24) is 10.6 Å². The number of hydrogen-bond acceptors (Lipinski definition) is 3. The van der Waals surface area contributed by atoms with Crippen LogP contribution in [-0.2, 0) is 14.4 Å². The Morgan fingerprint density at radius 2 is 2.06 bits per heavy atom. The summed E-state index contributed by atoms with van der Waals surface area (Å²) in [4.78, 5) is 33.5. The van der Waals surface area contributed by atoms with Gasteiger partial charge in [0.1, 0.15) is 12.1 Å². The maximum absolute atomic E-state index is 11.6. The van der Waals surface area contributed by atoms with Crippen molar-refractivity contribution in [3.05, 3.63) is 0 Å². The van der Waals surface area contributed by atoms with Gasteiger partial charge in [0, 0.05) is 6.42 Å². The summed E-state index contributed by atoms with van der Waals surface area (Å²) in [6, 6.07) is -1.36. The summed E-state index contributed by atoms with van der Waals surface area (Å²) in [6.45, 7) is 0. The Morgan fingerprint density at radius 1 is 1.38 bits per heavy atom. The van der Waals surface area contributed by atoms with Crippen LogP contribution in [0.4, 0.5) is 0 Å². The van der Waals surface area contributed by atoms with Gasteiger partial charge in [0.05, 0.1) is 0 Å². The predicted octanol–water partition coefficient (Wildman–Crippen LogP) is -0.756. The van der Waals surface area contributed by atoms with E-state index in [1.807, 2.05) is 0 Å². The molecule has 0 aromatic rings. The molecule has 3 N–H and O–H groups in total. The van der Waals surface area contributed by atoms with Crippen molar-refractivity contribution in [2.45, 2.75) is 37.8 Å². The van der Waals surface area contributed by atoms with E-state index < -0.39 is 18.1 Å². The van der Waals surface area contributed by atoms with Gasteiger partial charge < -0.3 is 15.7 Å². The van der Waals surface area contributed by atoms with Gasteiger partial charge in [-0.2, -0.15) is 0 Å². The van der Waals surface area contributed by atoms with E-state index in [0.717, 1.165) is 12.8 Å². The van der Waals surface area contributed by atoms with Crippen molar-refractivity contribution in [3.63, 3.8) is 0 Å². The molecule has 2 amide bonds. The summed E-state index contributed by atoms with van der Waals surface area (Å²) in [5, 5.41) is 13.9.